The van der Waals surface area contributed by atoms with Crippen molar-refractivity contribution in [1.29, 1.82) is 0 Å². The molecule has 7 heteroatoms. The van der Waals surface area contributed by atoms with Gasteiger partial charge in [0.1, 0.15) is 12.6 Å². The van der Waals surface area contributed by atoms with E-state index in [9.17, 15) is 4.79 Å². The van der Waals surface area contributed by atoms with E-state index in [4.69, 9.17) is 27.9 Å². The number of halogens is 3. The molecule has 2 unspecified atom stereocenters. The molecule has 0 aliphatic carbocycles. The lowest BCUT2D eigenvalue weighted by Gasteiger charge is -2.41. The maximum Gasteiger partial charge on any atom is 0.248 e. The number of quaternary nitrogens is 1. The van der Waals surface area contributed by atoms with Crippen LogP contribution in [0.15, 0.2) is 48.5 Å². The number of hydrogen-bond donors (Lipinski definition) is 1. The second-order valence-corrected chi connectivity index (χ2v) is 11.5. The van der Waals surface area contributed by atoms with Crippen LogP contribution >= 0.6 is 23.2 Å². The minimum Gasteiger partial charge on any atom is -1.00 e. The summed E-state index contributed by atoms with van der Waals surface area (Å²) >= 11 is 12.5. The molecule has 1 saturated heterocycles. The van der Waals surface area contributed by atoms with Crippen LogP contribution in [0.3, 0.4) is 0 Å². The van der Waals surface area contributed by atoms with Gasteiger partial charge in [-0.2, -0.15) is 0 Å². The summed E-state index contributed by atoms with van der Waals surface area (Å²) in [6, 6.07) is 16.7. The predicted octanol–water partition coefficient (Wildman–Crippen LogP) is 3.85. The zero-order valence-corrected chi connectivity index (χ0v) is 25.7. The van der Waals surface area contributed by atoms with Crippen molar-refractivity contribution in [2.45, 2.75) is 71.1 Å². The van der Waals surface area contributed by atoms with Gasteiger partial charge in [-0.1, -0.05) is 59.6 Å². The minimum atomic E-state index is -0.470. The number of nitrogens with zero attached hydrogens (tertiary/aromatic N) is 1. The van der Waals surface area contributed by atoms with Gasteiger partial charge in [0, 0.05) is 18.0 Å². The largest absolute Gasteiger partial charge is 1.00 e. The summed E-state index contributed by atoms with van der Waals surface area (Å²) in [7, 11) is 2.39. The Labute approximate surface area is 244 Å². The third kappa shape index (κ3) is 9.79. The maximum atomic E-state index is 12.6. The molecule has 1 aliphatic heterocycles. The molecule has 4 nitrogen and oxygen atoms in total. The van der Waals surface area contributed by atoms with Crippen LogP contribution in [0, 0.1) is 5.92 Å². The van der Waals surface area contributed by atoms with Gasteiger partial charge in [0.25, 0.3) is 0 Å². The number of benzene rings is 2. The van der Waals surface area contributed by atoms with Gasteiger partial charge in [0.2, 0.25) is 5.91 Å². The van der Waals surface area contributed by atoms with E-state index < -0.39 is 6.10 Å². The normalized spacial score (nSPS) is 21.5. The van der Waals surface area contributed by atoms with E-state index in [1.165, 1.54) is 31.5 Å². The van der Waals surface area contributed by atoms with Gasteiger partial charge in [-0.05, 0) is 70.1 Å². The van der Waals surface area contributed by atoms with E-state index in [1.807, 2.05) is 32.0 Å². The van der Waals surface area contributed by atoms with Crippen molar-refractivity contribution in [2.24, 2.45) is 5.92 Å². The molecule has 0 aromatic heterocycles. The number of nitrogens with one attached hydrogen (secondary N) is 1. The number of amides is 1. The van der Waals surface area contributed by atoms with Gasteiger partial charge in [-0.3, -0.25) is 4.79 Å². The highest BCUT2D eigenvalue weighted by Gasteiger charge is 2.30. The molecule has 2 aromatic carbocycles. The van der Waals surface area contributed by atoms with Crippen molar-refractivity contribution in [3.05, 3.63) is 69.7 Å². The fourth-order valence-corrected chi connectivity index (χ4v) is 5.45. The molecule has 36 heavy (non-hydrogen) atoms. The van der Waals surface area contributed by atoms with Crippen LogP contribution in [0.2, 0.25) is 10.0 Å². The summed E-state index contributed by atoms with van der Waals surface area (Å²) in [5, 5.41) is 4.22. The summed E-state index contributed by atoms with van der Waals surface area (Å²) in [6.45, 7) is 9.76. The SMILES string of the molecule is CC(C)OC(C)C(=O)NCC(CCC1CC[N+](C)(Cc2ccccc2)CC1)c1ccc(Cl)c(Cl)c1.[I-]. The molecule has 0 radical (unpaired) electrons. The molecule has 0 spiro atoms. The van der Waals surface area contributed by atoms with E-state index in [0.717, 1.165) is 29.4 Å². The fourth-order valence-electron chi connectivity index (χ4n) is 5.14. The molecule has 3 rings (SSSR count). The van der Waals surface area contributed by atoms with Crippen LogP contribution in [0.1, 0.15) is 63.5 Å². The Kier molecular flexibility index (Phi) is 13.0. The molecule has 1 aliphatic rings. The minimum absolute atomic E-state index is 0. The number of ether oxygens (including phenoxy) is 1. The Morgan fingerprint density at radius 3 is 2.33 bits per heavy atom. The zero-order valence-electron chi connectivity index (χ0n) is 22.0. The second-order valence-electron chi connectivity index (χ2n) is 10.7. The quantitative estimate of drug-likeness (QED) is 0.298. The number of piperidine rings is 1. The first kappa shape index (κ1) is 31.4. The first-order valence-corrected chi connectivity index (χ1v) is 13.7. The van der Waals surface area contributed by atoms with Crippen LogP contribution < -0.4 is 29.3 Å². The van der Waals surface area contributed by atoms with Gasteiger partial charge in [-0.25, -0.2) is 0 Å². The summed E-state index contributed by atoms with van der Waals surface area (Å²) in [6.07, 6.45) is 4.17. The fraction of sp³-hybridized carbons (Fsp3) is 0.552. The molecule has 1 fully saturated rings. The van der Waals surface area contributed by atoms with Crippen LogP contribution in [0.4, 0.5) is 0 Å². The molecule has 0 bridgehead atoms. The van der Waals surface area contributed by atoms with Gasteiger partial charge in [0.15, 0.2) is 0 Å². The lowest BCUT2D eigenvalue weighted by atomic mass is 9.85. The van der Waals surface area contributed by atoms with E-state index in [1.54, 1.807) is 6.92 Å². The molecule has 0 saturated carbocycles. The lowest BCUT2D eigenvalue weighted by molar-refractivity contribution is -0.928. The lowest BCUT2D eigenvalue weighted by Crippen LogP contribution is -3.00. The van der Waals surface area contributed by atoms with Crippen molar-refractivity contribution >= 4 is 29.1 Å². The van der Waals surface area contributed by atoms with Gasteiger partial charge in [-0.15, -0.1) is 0 Å². The first-order chi connectivity index (χ1) is 16.6. The Balaban J connectivity index is 0.00000456. The van der Waals surface area contributed by atoms with Crippen molar-refractivity contribution < 1.29 is 38.0 Å². The first-order valence-electron chi connectivity index (χ1n) is 12.9. The monoisotopic (exact) mass is 646 g/mol. The third-order valence-electron chi connectivity index (χ3n) is 7.27. The Morgan fingerprint density at radius 2 is 1.72 bits per heavy atom. The summed E-state index contributed by atoms with van der Waals surface area (Å²) in [5.41, 5.74) is 2.54. The average Bonchev–Trinajstić information content (AvgIpc) is 2.82. The molecule has 1 heterocycles. The highest BCUT2D eigenvalue weighted by molar-refractivity contribution is 6.42. The predicted molar refractivity (Wildman–Crippen MR) is 146 cm³/mol. The summed E-state index contributed by atoms with van der Waals surface area (Å²) in [4.78, 5) is 12.6. The van der Waals surface area contributed by atoms with Crippen molar-refractivity contribution in [2.75, 3.05) is 26.7 Å². The van der Waals surface area contributed by atoms with E-state index in [2.05, 4.69) is 42.7 Å². The van der Waals surface area contributed by atoms with Crippen molar-refractivity contribution in [3.63, 3.8) is 0 Å². The van der Waals surface area contributed by atoms with E-state index in [0.29, 0.717) is 22.5 Å². The van der Waals surface area contributed by atoms with Gasteiger partial charge >= 0.3 is 0 Å². The summed E-state index contributed by atoms with van der Waals surface area (Å²) in [5.74, 6) is 0.823. The second kappa shape index (κ2) is 14.9. The van der Waals surface area contributed by atoms with Crippen LogP contribution in [0.5, 0.6) is 0 Å². The van der Waals surface area contributed by atoms with Crippen molar-refractivity contribution in [3.8, 4) is 0 Å². The van der Waals surface area contributed by atoms with Crippen LogP contribution in [-0.4, -0.2) is 49.3 Å². The summed E-state index contributed by atoms with van der Waals surface area (Å²) < 4.78 is 6.76. The number of rotatable bonds is 11. The molecular weight excluding hydrogens is 606 g/mol. The number of carbonyl (C=O) groups is 1. The Hall–Kier alpha value is -0.860. The molecule has 200 valence electrons. The third-order valence-corrected chi connectivity index (χ3v) is 8.01. The average molecular weight is 647 g/mol. The van der Waals surface area contributed by atoms with Crippen LogP contribution in [0.25, 0.3) is 0 Å². The smallest absolute Gasteiger partial charge is 0.248 e. The van der Waals surface area contributed by atoms with Crippen molar-refractivity contribution in [1.82, 2.24) is 5.32 Å². The Bertz CT molecular complexity index is 950. The zero-order chi connectivity index (χ0) is 25.4. The highest BCUT2D eigenvalue weighted by atomic mass is 127. The van der Waals surface area contributed by atoms with Crippen LogP contribution in [-0.2, 0) is 16.1 Å². The van der Waals surface area contributed by atoms with Gasteiger partial charge in [0.05, 0.1) is 36.3 Å². The number of hydrogen-bond acceptors (Lipinski definition) is 2. The maximum absolute atomic E-state index is 12.6. The van der Waals surface area contributed by atoms with Gasteiger partial charge < -0.3 is 38.5 Å². The standard InChI is InChI=1S/C29H40Cl2N2O2.HI/c1-21(2)35-22(3)29(34)32-19-26(25-12-13-27(30)28(31)18-25)11-10-23-14-16-33(4,17-15-23)20-24-8-6-5-7-9-24;/h5-9,12-13,18,21-23,26H,10-11,14-17,19-20H2,1-4H3;1H. The van der Waals surface area contributed by atoms with E-state index in [-0.39, 0.29) is 41.9 Å². The molecule has 1 amide bonds. The number of likely N-dealkylation sites (tertiary alicyclic amines) is 1. The van der Waals surface area contributed by atoms with E-state index >= 15 is 0 Å². The Morgan fingerprint density at radius 1 is 1.06 bits per heavy atom. The molecule has 1 N–H and O–H groups in total. The topological polar surface area (TPSA) is 38.3 Å². The molecule has 2 aromatic rings. The number of carbonyl (C=O) groups excluding carboxylic acids is 1. The highest BCUT2D eigenvalue weighted by Crippen LogP contribution is 2.33. The molecule has 2 atom stereocenters. The molecular formula is C29H41Cl2IN2O2.